The van der Waals surface area contributed by atoms with Gasteiger partial charge in [0.15, 0.2) is 0 Å². The second kappa shape index (κ2) is 6.17. The van der Waals surface area contributed by atoms with Gasteiger partial charge in [-0.3, -0.25) is 0 Å². The smallest absolute Gasteiger partial charge is 0.0454 e. The number of benzene rings is 1. The summed E-state index contributed by atoms with van der Waals surface area (Å²) in [6.07, 6.45) is 0.767. The van der Waals surface area contributed by atoms with E-state index in [1.807, 2.05) is 32.2 Å². The van der Waals surface area contributed by atoms with Crippen molar-refractivity contribution in [3.8, 4) is 11.8 Å². The lowest BCUT2D eigenvalue weighted by molar-refractivity contribution is 0.611. The number of nitrogens with one attached hydrogen (secondary N) is 1. The molecule has 3 heteroatoms. The predicted molar refractivity (Wildman–Crippen MR) is 69.0 cm³/mol. The van der Waals surface area contributed by atoms with Crippen LogP contribution in [0.4, 0.5) is 0 Å². The maximum atomic E-state index is 6.14. The first-order valence-corrected chi connectivity index (χ1v) is 5.88. The van der Waals surface area contributed by atoms with E-state index < -0.39 is 0 Å². The molecule has 0 spiro atoms. The maximum absolute atomic E-state index is 6.14. The monoisotopic (exact) mass is 285 g/mol. The van der Waals surface area contributed by atoms with E-state index in [9.17, 15) is 0 Å². The zero-order valence-corrected chi connectivity index (χ0v) is 11.1. The molecule has 0 fully saturated rings. The Balaban J connectivity index is 2.98. The molecule has 0 saturated carbocycles. The van der Waals surface area contributed by atoms with Crippen molar-refractivity contribution in [3.63, 3.8) is 0 Å². The molecule has 0 heterocycles. The molecule has 1 aromatic rings. The summed E-state index contributed by atoms with van der Waals surface area (Å²) in [7, 11) is 1.92. The minimum Gasteiger partial charge on any atom is -0.312 e. The van der Waals surface area contributed by atoms with Crippen LogP contribution < -0.4 is 5.32 Å². The van der Waals surface area contributed by atoms with Gasteiger partial charge < -0.3 is 5.32 Å². The third-order valence-electron chi connectivity index (χ3n) is 2.16. The van der Waals surface area contributed by atoms with Crippen LogP contribution in [0.15, 0.2) is 22.7 Å². The molecule has 0 amide bonds. The summed E-state index contributed by atoms with van der Waals surface area (Å²) in [6, 6.07) is 6.04. The van der Waals surface area contributed by atoms with Crippen molar-refractivity contribution in [3.05, 3.63) is 33.3 Å². The molecule has 0 aromatic heterocycles. The van der Waals surface area contributed by atoms with Crippen LogP contribution in [0.25, 0.3) is 0 Å². The van der Waals surface area contributed by atoms with E-state index in [1.165, 1.54) is 0 Å². The van der Waals surface area contributed by atoms with Crippen molar-refractivity contribution >= 4 is 27.5 Å². The lowest BCUT2D eigenvalue weighted by Gasteiger charge is -2.15. The number of rotatable bonds is 3. The molecule has 1 rings (SSSR count). The third kappa shape index (κ3) is 3.53. The molecule has 15 heavy (non-hydrogen) atoms. The third-order valence-corrected chi connectivity index (χ3v) is 3.00. The van der Waals surface area contributed by atoms with Crippen LogP contribution in [0.5, 0.6) is 0 Å². The van der Waals surface area contributed by atoms with Gasteiger partial charge in [0, 0.05) is 22.0 Å². The molecule has 0 saturated heterocycles. The fraction of sp³-hybridized carbons (Fsp3) is 0.333. The van der Waals surface area contributed by atoms with Crippen molar-refractivity contribution < 1.29 is 0 Å². The summed E-state index contributed by atoms with van der Waals surface area (Å²) in [5.41, 5.74) is 1.08. The first kappa shape index (κ1) is 12.6. The molecular weight excluding hydrogens is 273 g/mol. The average molecular weight is 287 g/mol. The standard InChI is InChI=1S/C12H13BrClN/c1-3-4-5-12(15-2)10-8-9(13)6-7-11(10)14/h6-8,12,15H,5H2,1-2H3. The Bertz CT molecular complexity index is 392. The van der Waals surface area contributed by atoms with E-state index in [-0.39, 0.29) is 6.04 Å². The highest BCUT2D eigenvalue weighted by Crippen LogP contribution is 2.27. The molecule has 0 aliphatic carbocycles. The predicted octanol–water partition coefficient (Wildman–Crippen LogP) is 3.78. The van der Waals surface area contributed by atoms with E-state index in [1.54, 1.807) is 0 Å². The first-order valence-electron chi connectivity index (χ1n) is 4.71. The highest BCUT2D eigenvalue weighted by Gasteiger charge is 2.11. The minimum atomic E-state index is 0.183. The SMILES string of the molecule is CC#CCC(NC)c1cc(Br)ccc1Cl. The summed E-state index contributed by atoms with van der Waals surface area (Å²) in [5.74, 6) is 5.95. The summed E-state index contributed by atoms with van der Waals surface area (Å²) in [4.78, 5) is 0. The van der Waals surface area contributed by atoms with Gasteiger partial charge in [0.05, 0.1) is 0 Å². The summed E-state index contributed by atoms with van der Waals surface area (Å²) in [5, 5.41) is 3.99. The van der Waals surface area contributed by atoms with Crippen LogP contribution in [-0.2, 0) is 0 Å². The quantitative estimate of drug-likeness (QED) is 0.834. The summed E-state index contributed by atoms with van der Waals surface area (Å²) in [6.45, 7) is 1.84. The number of hydrogen-bond acceptors (Lipinski definition) is 1. The van der Waals surface area contributed by atoms with Crippen molar-refractivity contribution in [2.75, 3.05) is 7.05 Å². The molecule has 0 radical (unpaired) electrons. The van der Waals surface area contributed by atoms with Crippen molar-refractivity contribution in [2.45, 2.75) is 19.4 Å². The lowest BCUT2D eigenvalue weighted by Crippen LogP contribution is -2.16. The molecule has 80 valence electrons. The molecule has 0 aliphatic heterocycles. The Kier molecular flexibility index (Phi) is 5.17. The zero-order valence-electron chi connectivity index (χ0n) is 8.77. The Morgan fingerprint density at radius 3 is 2.87 bits per heavy atom. The van der Waals surface area contributed by atoms with Crippen LogP contribution in [0.3, 0.4) is 0 Å². The first-order chi connectivity index (χ1) is 7.19. The topological polar surface area (TPSA) is 12.0 Å². The highest BCUT2D eigenvalue weighted by atomic mass is 79.9. The molecule has 1 atom stereocenters. The molecule has 1 nitrogen and oxygen atoms in total. The second-order valence-corrected chi connectivity index (χ2v) is 4.46. The van der Waals surface area contributed by atoms with E-state index in [0.717, 1.165) is 21.5 Å². The van der Waals surface area contributed by atoms with Gasteiger partial charge in [0.2, 0.25) is 0 Å². The molecule has 1 unspecified atom stereocenters. The van der Waals surface area contributed by atoms with Gasteiger partial charge in [0.1, 0.15) is 0 Å². The Morgan fingerprint density at radius 1 is 1.53 bits per heavy atom. The molecular formula is C12H13BrClN. The second-order valence-electron chi connectivity index (χ2n) is 3.14. The Labute approximate surface area is 104 Å². The van der Waals surface area contributed by atoms with Gasteiger partial charge in [-0.25, -0.2) is 0 Å². The largest absolute Gasteiger partial charge is 0.312 e. The van der Waals surface area contributed by atoms with E-state index in [0.29, 0.717) is 0 Å². The Morgan fingerprint density at radius 2 is 2.27 bits per heavy atom. The van der Waals surface area contributed by atoms with Crippen molar-refractivity contribution in [1.29, 1.82) is 0 Å². The van der Waals surface area contributed by atoms with Gasteiger partial charge in [-0.1, -0.05) is 27.5 Å². The van der Waals surface area contributed by atoms with Gasteiger partial charge in [-0.15, -0.1) is 11.8 Å². The lowest BCUT2D eigenvalue weighted by atomic mass is 10.0. The fourth-order valence-electron chi connectivity index (χ4n) is 1.35. The summed E-state index contributed by atoms with van der Waals surface area (Å²) < 4.78 is 1.03. The maximum Gasteiger partial charge on any atom is 0.0454 e. The van der Waals surface area contributed by atoms with Gasteiger partial charge in [-0.2, -0.15) is 0 Å². The molecule has 1 aromatic carbocycles. The average Bonchev–Trinajstić information content (AvgIpc) is 2.24. The van der Waals surface area contributed by atoms with Crippen LogP contribution in [0.2, 0.25) is 5.02 Å². The Hall–Kier alpha value is -0.490. The van der Waals surface area contributed by atoms with Crippen molar-refractivity contribution in [2.24, 2.45) is 0 Å². The van der Waals surface area contributed by atoms with Gasteiger partial charge in [-0.05, 0) is 37.7 Å². The van der Waals surface area contributed by atoms with E-state index in [2.05, 4.69) is 33.1 Å². The molecule has 1 N–H and O–H groups in total. The van der Waals surface area contributed by atoms with Crippen LogP contribution in [0, 0.1) is 11.8 Å². The van der Waals surface area contributed by atoms with Crippen LogP contribution >= 0.6 is 27.5 Å². The zero-order chi connectivity index (χ0) is 11.3. The number of hydrogen-bond donors (Lipinski definition) is 1. The van der Waals surface area contributed by atoms with Crippen LogP contribution in [0.1, 0.15) is 24.9 Å². The minimum absolute atomic E-state index is 0.183. The van der Waals surface area contributed by atoms with Gasteiger partial charge >= 0.3 is 0 Å². The van der Waals surface area contributed by atoms with Gasteiger partial charge in [0.25, 0.3) is 0 Å². The fourth-order valence-corrected chi connectivity index (χ4v) is 1.98. The van der Waals surface area contributed by atoms with E-state index >= 15 is 0 Å². The van der Waals surface area contributed by atoms with Crippen molar-refractivity contribution in [1.82, 2.24) is 5.32 Å². The number of halogens is 2. The normalized spacial score (nSPS) is 11.7. The highest BCUT2D eigenvalue weighted by molar-refractivity contribution is 9.10. The summed E-state index contributed by atoms with van der Waals surface area (Å²) >= 11 is 9.58. The molecule has 0 bridgehead atoms. The van der Waals surface area contributed by atoms with Crippen LogP contribution in [-0.4, -0.2) is 7.05 Å². The van der Waals surface area contributed by atoms with E-state index in [4.69, 9.17) is 11.6 Å². The molecule has 0 aliphatic rings.